The second kappa shape index (κ2) is 18.3. The van der Waals surface area contributed by atoms with Crippen molar-refractivity contribution in [1.82, 2.24) is 4.90 Å². The van der Waals surface area contributed by atoms with Crippen molar-refractivity contribution < 1.29 is 0 Å². The van der Waals surface area contributed by atoms with E-state index in [0.717, 1.165) is 24.4 Å². The molecule has 0 saturated carbocycles. The first kappa shape index (κ1) is 25.2. The molecule has 0 amide bonds. The summed E-state index contributed by atoms with van der Waals surface area (Å²) in [4.78, 5) is 2.15. The summed E-state index contributed by atoms with van der Waals surface area (Å²) >= 11 is 0. The van der Waals surface area contributed by atoms with Gasteiger partial charge >= 0.3 is 0 Å². The zero-order chi connectivity index (χ0) is 19.5. The minimum atomic E-state index is 0.385. The van der Waals surface area contributed by atoms with E-state index in [1.54, 1.807) is 18.2 Å². The Morgan fingerprint density at radius 1 is 1.24 bits per heavy atom. The van der Waals surface area contributed by atoms with Crippen LogP contribution in [0.2, 0.25) is 0 Å². The van der Waals surface area contributed by atoms with E-state index in [1.165, 1.54) is 0 Å². The van der Waals surface area contributed by atoms with Crippen LogP contribution in [0.15, 0.2) is 98.1 Å². The number of rotatable bonds is 7. The molecule has 3 heteroatoms. The van der Waals surface area contributed by atoms with Gasteiger partial charge in [-0.3, -0.25) is 0 Å². The van der Waals surface area contributed by atoms with Gasteiger partial charge in [0.25, 0.3) is 0 Å². The molecule has 1 aliphatic rings. The number of hydrogen-bond donors (Lipinski definition) is 1. The van der Waals surface area contributed by atoms with Gasteiger partial charge in [-0.05, 0) is 31.6 Å². The molecule has 0 aliphatic carbocycles. The zero-order valence-electron chi connectivity index (χ0n) is 16.1. The fourth-order valence-corrected chi connectivity index (χ4v) is 1.84. The van der Waals surface area contributed by atoms with Gasteiger partial charge < -0.3 is 10.6 Å². The highest BCUT2D eigenvalue weighted by Gasteiger charge is 2.08. The molecule has 0 aromatic heterocycles. The van der Waals surface area contributed by atoms with Gasteiger partial charge in [-0.15, -0.1) is 9.24 Å². The van der Waals surface area contributed by atoms with Crippen LogP contribution < -0.4 is 5.73 Å². The molecule has 2 N–H and O–H groups in total. The third-order valence-electron chi connectivity index (χ3n) is 3.12. The lowest BCUT2D eigenvalue weighted by Gasteiger charge is -2.25. The Morgan fingerprint density at radius 2 is 1.92 bits per heavy atom. The molecule has 2 nitrogen and oxygen atoms in total. The Morgan fingerprint density at radius 3 is 2.36 bits per heavy atom. The van der Waals surface area contributed by atoms with E-state index in [0.29, 0.717) is 5.92 Å². The summed E-state index contributed by atoms with van der Waals surface area (Å²) < 4.78 is 0. The van der Waals surface area contributed by atoms with E-state index in [4.69, 9.17) is 5.73 Å². The van der Waals surface area contributed by atoms with Crippen LogP contribution in [0.25, 0.3) is 0 Å². The van der Waals surface area contributed by atoms with Crippen molar-refractivity contribution >= 4 is 9.24 Å². The van der Waals surface area contributed by atoms with Gasteiger partial charge in [0.1, 0.15) is 0 Å². The first-order valence-electron chi connectivity index (χ1n) is 8.46. The summed E-state index contributed by atoms with van der Waals surface area (Å²) in [5.41, 5.74) is 7.29. The van der Waals surface area contributed by atoms with Gasteiger partial charge in [0.15, 0.2) is 0 Å². The highest BCUT2D eigenvalue weighted by molar-refractivity contribution is 7.15. The average molecular weight is 359 g/mol. The minimum absolute atomic E-state index is 0.385. The molecule has 0 radical (unpaired) electrons. The smallest absolute Gasteiger partial charge is 0.0333 e. The summed E-state index contributed by atoms with van der Waals surface area (Å²) in [6.07, 6.45) is 22.7. The van der Waals surface area contributed by atoms with Gasteiger partial charge in [0.2, 0.25) is 0 Å². The predicted molar refractivity (Wildman–Crippen MR) is 120 cm³/mol. The normalized spacial score (nSPS) is 14.6. The van der Waals surface area contributed by atoms with E-state index in [-0.39, 0.29) is 0 Å². The second-order valence-electron chi connectivity index (χ2n) is 4.99. The molecule has 2 unspecified atom stereocenters. The molecule has 138 valence electrons. The van der Waals surface area contributed by atoms with Crippen molar-refractivity contribution in [1.29, 1.82) is 0 Å². The minimum Gasteiger partial charge on any atom is -0.402 e. The van der Waals surface area contributed by atoms with Crippen LogP contribution in [-0.4, -0.2) is 18.1 Å². The van der Waals surface area contributed by atoms with Crippen molar-refractivity contribution in [2.75, 3.05) is 13.2 Å². The molecule has 1 heterocycles. The summed E-state index contributed by atoms with van der Waals surface area (Å²) in [6.45, 7) is 18.1. The third-order valence-corrected chi connectivity index (χ3v) is 3.12. The van der Waals surface area contributed by atoms with E-state index in [2.05, 4.69) is 58.3 Å². The largest absolute Gasteiger partial charge is 0.402 e. The van der Waals surface area contributed by atoms with Gasteiger partial charge in [0.05, 0.1) is 0 Å². The average Bonchev–Trinajstić information content (AvgIpc) is 2.64. The maximum Gasteiger partial charge on any atom is 0.0333 e. The van der Waals surface area contributed by atoms with Crippen LogP contribution in [0, 0.1) is 5.92 Å². The van der Waals surface area contributed by atoms with Crippen molar-refractivity contribution in [3.63, 3.8) is 0 Å². The maximum absolute atomic E-state index is 5.37. The van der Waals surface area contributed by atoms with Crippen molar-refractivity contribution in [3.05, 3.63) is 98.1 Å². The van der Waals surface area contributed by atoms with Crippen LogP contribution in [0.4, 0.5) is 0 Å². The van der Waals surface area contributed by atoms with E-state index >= 15 is 0 Å². The van der Waals surface area contributed by atoms with E-state index in [9.17, 15) is 0 Å². The Kier molecular flexibility index (Phi) is 18.4. The molecule has 0 aromatic rings. The Bertz CT molecular complexity index is 522. The lowest BCUT2D eigenvalue weighted by atomic mass is 10.1. The lowest BCUT2D eigenvalue weighted by Crippen LogP contribution is -2.22. The van der Waals surface area contributed by atoms with Gasteiger partial charge in [-0.1, -0.05) is 75.9 Å². The summed E-state index contributed by atoms with van der Waals surface area (Å²) in [7, 11) is 2.42. The fourth-order valence-electron chi connectivity index (χ4n) is 1.84. The Labute approximate surface area is 157 Å². The van der Waals surface area contributed by atoms with Crippen LogP contribution in [0.1, 0.15) is 20.3 Å². The molecular formula is C22H35N2P. The van der Waals surface area contributed by atoms with Gasteiger partial charge in [-0.2, -0.15) is 0 Å². The molecule has 25 heavy (non-hydrogen) atoms. The quantitative estimate of drug-likeness (QED) is 0.357. The Hall–Kier alpha value is -2.05. The molecule has 0 aromatic carbocycles. The van der Waals surface area contributed by atoms with Crippen molar-refractivity contribution in [2.45, 2.75) is 20.3 Å². The first-order chi connectivity index (χ1) is 12.1. The number of nitrogens with two attached hydrogens (primary N) is 1. The third kappa shape index (κ3) is 14.0. The fraction of sp³-hybridized carbons (Fsp3) is 0.273. The van der Waals surface area contributed by atoms with Crippen molar-refractivity contribution in [2.24, 2.45) is 11.7 Å². The van der Waals surface area contributed by atoms with Crippen LogP contribution in [0.3, 0.4) is 0 Å². The molecule has 0 bridgehead atoms. The molecule has 0 spiro atoms. The standard InChI is InChI=1S/C15H19N.C6H11N.CH5P/c1-4-6-11-15(9-5-2)13-16-12-8-7-10-14(16)3;1-3-5-6(7)4-2;1-2/h4-12,15H,1,3,13H2,2H3;3,5H,1,4,7H2,2H3;2H2,1H3/b9-5-,11-6-;6-5+;. The Balaban J connectivity index is 0. The number of nitrogens with zero attached hydrogens (tertiary/aromatic N) is 1. The lowest BCUT2D eigenvalue weighted by molar-refractivity contribution is 0.446. The van der Waals surface area contributed by atoms with Crippen molar-refractivity contribution in [3.8, 4) is 0 Å². The molecule has 2 atom stereocenters. The second-order valence-corrected chi connectivity index (χ2v) is 4.99. The topological polar surface area (TPSA) is 29.3 Å². The summed E-state index contributed by atoms with van der Waals surface area (Å²) in [6, 6.07) is 0. The number of allylic oxidation sites excluding steroid dienone is 9. The maximum atomic E-state index is 5.37. The van der Waals surface area contributed by atoms with E-state index < -0.39 is 0 Å². The molecular weight excluding hydrogens is 323 g/mol. The highest BCUT2D eigenvalue weighted by atomic mass is 31.0. The molecule has 0 saturated heterocycles. The first-order valence-corrected chi connectivity index (χ1v) is 9.61. The highest BCUT2D eigenvalue weighted by Crippen LogP contribution is 2.14. The van der Waals surface area contributed by atoms with Crippen LogP contribution >= 0.6 is 9.24 Å². The summed E-state index contributed by atoms with van der Waals surface area (Å²) in [5.74, 6) is 0.385. The molecule has 0 fully saturated rings. The molecule has 1 aliphatic heterocycles. The predicted octanol–water partition coefficient (Wildman–Crippen LogP) is 5.74. The monoisotopic (exact) mass is 358 g/mol. The van der Waals surface area contributed by atoms with Gasteiger partial charge in [-0.25, -0.2) is 0 Å². The van der Waals surface area contributed by atoms with Gasteiger partial charge in [0, 0.05) is 30.1 Å². The SMILES string of the molecule is C=C/C=C(/N)CC.C=C/C=C\C(/C=C\C)CN1C=CC=CC1=C.CP. The molecule has 1 rings (SSSR count). The van der Waals surface area contributed by atoms with Crippen LogP contribution in [-0.2, 0) is 0 Å². The van der Waals surface area contributed by atoms with E-state index in [1.807, 2.05) is 44.8 Å². The summed E-state index contributed by atoms with van der Waals surface area (Å²) in [5, 5.41) is 0. The van der Waals surface area contributed by atoms with Crippen LogP contribution in [0.5, 0.6) is 0 Å². The zero-order valence-corrected chi connectivity index (χ0v) is 17.2. The number of hydrogen-bond acceptors (Lipinski definition) is 2.